The monoisotopic (exact) mass is 339 g/mol. The maximum atomic E-state index is 4.87. The number of anilines is 3. The first-order valence-corrected chi connectivity index (χ1v) is 9.17. The molecule has 7 heteroatoms. The van der Waals surface area contributed by atoms with Crippen molar-refractivity contribution in [3.63, 3.8) is 0 Å². The zero-order valence-corrected chi connectivity index (χ0v) is 14.8. The van der Waals surface area contributed by atoms with E-state index in [2.05, 4.69) is 42.6 Å². The molecule has 25 heavy (non-hydrogen) atoms. The van der Waals surface area contributed by atoms with E-state index >= 15 is 0 Å². The lowest BCUT2D eigenvalue weighted by molar-refractivity contribution is 0.566. The molecule has 2 fully saturated rings. The highest BCUT2D eigenvalue weighted by atomic mass is 15.3. The molecule has 132 valence electrons. The molecular weight excluding hydrogens is 314 g/mol. The Hall–Kier alpha value is -2.44. The Balaban J connectivity index is 1.46. The Bertz CT molecular complexity index is 692. The van der Waals surface area contributed by atoms with Crippen molar-refractivity contribution >= 4 is 17.7 Å². The zero-order valence-electron chi connectivity index (χ0n) is 14.8. The molecule has 0 atom stereocenters. The van der Waals surface area contributed by atoms with Gasteiger partial charge in [-0.15, -0.1) is 0 Å². The molecule has 0 amide bonds. The number of hydrogen-bond acceptors (Lipinski definition) is 7. The van der Waals surface area contributed by atoms with Gasteiger partial charge in [-0.05, 0) is 32.3 Å². The zero-order chi connectivity index (χ0) is 17.1. The van der Waals surface area contributed by atoms with Crippen LogP contribution in [0, 0.1) is 6.92 Å². The maximum Gasteiger partial charge on any atom is 0.227 e. The lowest BCUT2D eigenvalue weighted by atomic mass is 10.1. The van der Waals surface area contributed by atoms with Crippen molar-refractivity contribution < 1.29 is 0 Å². The van der Waals surface area contributed by atoms with Crippen molar-refractivity contribution in [2.45, 2.75) is 26.2 Å². The predicted octanol–water partition coefficient (Wildman–Crippen LogP) is 1.89. The molecule has 4 rings (SSSR count). The van der Waals surface area contributed by atoms with Gasteiger partial charge in [0.05, 0.1) is 0 Å². The molecule has 4 heterocycles. The molecule has 7 nitrogen and oxygen atoms in total. The Morgan fingerprint density at radius 2 is 1.36 bits per heavy atom. The molecular formula is C18H25N7. The van der Waals surface area contributed by atoms with E-state index in [1.807, 2.05) is 6.07 Å². The molecule has 0 bridgehead atoms. The first-order valence-electron chi connectivity index (χ1n) is 9.17. The van der Waals surface area contributed by atoms with Crippen molar-refractivity contribution in [1.82, 2.24) is 19.9 Å². The second-order valence-corrected chi connectivity index (χ2v) is 6.74. The van der Waals surface area contributed by atoms with Crippen LogP contribution in [0.25, 0.3) is 0 Å². The van der Waals surface area contributed by atoms with Crippen LogP contribution in [0.1, 0.15) is 25.0 Å². The van der Waals surface area contributed by atoms with Crippen molar-refractivity contribution in [3.05, 3.63) is 30.2 Å². The topological polar surface area (TPSA) is 61.3 Å². The molecule has 2 saturated heterocycles. The van der Waals surface area contributed by atoms with Crippen LogP contribution < -0.4 is 14.7 Å². The Morgan fingerprint density at radius 3 is 2.08 bits per heavy atom. The molecule has 0 aromatic carbocycles. The van der Waals surface area contributed by atoms with Crippen LogP contribution in [0.15, 0.2) is 24.5 Å². The fourth-order valence-electron chi connectivity index (χ4n) is 3.52. The van der Waals surface area contributed by atoms with Crippen molar-refractivity contribution in [3.8, 4) is 0 Å². The summed E-state index contributed by atoms with van der Waals surface area (Å²) in [6.07, 6.45) is 7.39. The third-order valence-electron chi connectivity index (χ3n) is 4.91. The quantitative estimate of drug-likeness (QED) is 0.846. The minimum atomic E-state index is 0.815. The number of hydrogen-bond donors (Lipinski definition) is 0. The average Bonchev–Trinajstić information content (AvgIpc) is 2.69. The molecule has 0 saturated carbocycles. The number of rotatable bonds is 3. The normalized spacial score (nSPS) is 18.5. The van der Waals surface area contributed by atoms with E-state index in [1.165, 1.54) is 19.3 Å². The molecule has 0 aliphatic carbocycles. The third-order valence-corrected chi connectivity index (χ3v) is 4.91. The van der Waals surface area contributed by atoms with Crippen molar-refractivity contribution in [2.24, 2.45) is 0 Å². The lowest BCUT2D eigenvalue weighted by Gasteiger charge is -2.36. The van der Waals surface area contributed by atoms with Gasteiger partial charge in [-0.25, -0.2) is 15.0 Å². The second-order valence-electron chi connectivity index (χ2n) is 6.74. The minimum absolute atomic E-state index is 0.815. The van der Waals surface area contributed by atoms with Crippen molar-refractivity contribution in [1.29, 1.82) is 0 Å². The van der Waals surface area contributed by atoms with Gasteiger partial charge in [0, 0.05) is 63.4 Å². The van der Waals surface area contributed by atoms with E-state index in [0.717, 1.165) is 62.7 Å². The van der Waals surface area contributed by atoms with Crippen LogP contribution >= 0.6 is 0 Å². The van der Waals surface area contributed by atoms with E-state index in [4.69, 9.17) is 4.98 Å². The number of aryl methyl sites for hydroxylation is 1. The molecule has 0 unspecified atom stereocenters. The van der Waals surface area contributed by atoms with Gasteiger partial charge in [-0.3, -0.25) is 0 Å². The highest BCUT2D eigenvalue weighted by Gasteiger charge is 2.22. The van der Waals surface area contributed by atoms with Crippen LogP contribution in [-0.4, -0.2) is 59.2 Å². The summed E-state index contributed by atoms with van der Waals surface area (Å²) in [7, 11) is 0. The standard InChI is InChI=1S/C18H25N7/c1-15-14-16(22-18(21-15)24-8-3-2-4-9-24)23-10-12-25(13-11-23)17-19-6-5-7-20-17/h5-7,14H,2-4,8-13H2,1H3. The van der Waals surface area contributed by atoms with Gasteiger partial charge in [-0.2, -0.15) is 4.98 Å². The molecule has 2 aromatic heterocycles. The van der Waals surface area contributed by atoms with Gasteiger partial charge < -0.3 is 14.7 Å². The summed E-state index contributed by atoms with van der Waals surface area (Å²) in [5.41, 5.74) is 1.04. The minimum Gasteiger partial charge on any atom is -0.353 e. The highest BCUT2D eigenvalue weighted by Crippen LogP contribution is 2.22. The number of aromatic nitrogens is 4. The maximum absolute atomic E-state index is 4.87. The van der Waals surface area contributed by atoms with E-state index in [0.29, 0.717) is 0 Å². The average molecular weight is 339 g/mol. The van der Waals surface area contributed by atoms with E-state index in [9.17, 15) is 0 Å². The summed E-state index contributed by atoms with van der Waals surface area (Å²) >= 11 is 0. The van der Waals surface area contributed by atoms with E-state index < -0.39 is 0 Å². The Kier molecular flexibility index (Phi) is 4.63. The smallest absolute Gasteiger partial charge is 0.227 e. The van der Waals surface area contributed by atoms with Gasteiger partial charge in [0.1, 0.15) is 5.82 Å². The van der Waals surface area contributed by atoms with E-state index in [1.54, 1.807) is 12.4 Å². The van der Waals surface area contributed by atoms with Crippen LogP contribution in [0.4, 0.5) is 17.7 Å². The summed E-state index contributed by atoms with van der Waals surface area (Å²) in [5.74, 6) is 2.75. The summed E-state index contributed by atoms with van der Waals surface area (Å²) in [6, 6.07) is 3.95. The van der Waals surface area contributed by atoms with E-state index in [-0.39, 0.29) is 0 Å². The Labute approximate surface area is 148 Å². The molecule has 0 radical (unpaired) electrons. The fourth-order valence-corrected chi connectivity index (χ4v) is 3.52. The van der Waals surface area contributed by atoms with Gasteiger partial charge in [-0.1, -0.05) is 0 Å². The molecule has 2 aliphatic rings. The predicted molar refractivity (Wildman–Crippen MR) is 99.3 cm³/mol. The number of piperidine rings is 1. The van der Waals surface area contributed by atoms with Crippen LogP contribution in [-0.2, 0) is 0 Å². The number of nitrogens with zero attached hydrogens (tertiary/aromatic N) is 7. The molecule has 2 aromatic rings. The molecule has 2 aliphatic heterocycles. The van der Waals surface area contributed by atoms with Crippen molar-refractivity contribution in [2.75, 3.05) is 54.0 Å². The largest absolute Gasteiger partial charge is 0.353 e. The van der Waals surface area contributed by atoms with Gasteiger partial charge in [0.2, 0.25) is 11.9 Å². The summed E-state index contributed by atoms with van der Waals surface area (Å²) < 4.78 is 0. The summed E-state index contributed by atoms with van der Waals surface area (Å²) in [5, 5.41) is 0. The van der Waals surface area contributed by atoms with Crippen LogP contribution in [0.3, 0.4) is 0 Å². The van der Waals surface area contributed by atoms with Gasteiger partial charge >= 0.3 is 0 Å². The van der Waals surface area contributed by atoms with Crippen LogP contribution in [0.5, 0.6) is 0 Å². The second kappa shape index (κ2) is 7.21. The molecule has 0 spiro atoms. The highest BCUT2D eigenvalue weighted by molar-refractivity contribution is 5.48. The Morgan fingerprint density at radius 1 is 0.720 bits per heavy atom. The SMILES string of the molecule is Cc1cc(N2CCN(c3ncccn3)CC2)nc(N2CCCCC2)n1. The van der Waals surface area contributed by atoms with Gasteiger partial charge in [0.15, 0.2) is 0 Å². The summed E-state index contributed by atoms with van der Waals surface area (Å²) in [6.45, 7) is 7.87. The first-order chi connectivity index (χ1) is 12.3. The lowest BCUT2D eigenvalue weighted by Crippen LogP contribution is -2.47. The first kappa shape index (κ1) is 16.1. The van der Waals surface area contributed by atoms with Crippen LogP contribution in [0.2, 0.25) is 0 Å². The molecule has 0 N–H and O–H groups in total. The summed E-state index contributed by atoms with van der Waals surface area (Å²) in [4.78, 5) is 25.2. The van der Waals surface area contributed by atoms with Gasteiger partial charge in [0.25, 0.3) is 0 Å². The fraction of sp³-hybridized carbons (Fsp3) is 0.556. The number of piperazine rings is 1. The third kappa shape index (κ3) is 3.65.